The number of nitrogens with zero attached hydrogens (tertiary/aromatic N) is 2. The van der Waals surface area contributed by atoms with Crippen LogP contribution < -0.4 is 4.90 Å². The summed E-state index contributed by atoms with van der Waals surface area (Å²) in [6.07, 6.45) is 4.17. The van der Waals surface area contributed by atoms with E-state index in [1.54, 1.807) is 6.33 Å². The van der Waals surface area contributed by atoms with Crippen LogP contribution >= 0.6 is 0 Å². The summed E-state index contributed by atoms with van der Waals surface area (Å²) < 4.78 is 0. The Morgan fingerprint density at radius 3 is 2.92 bits per heavy atom. The maximum atomic E-state index is 4.38. The molecule has 3 nitrogen and oxygen atoms in total. The lowest BCUT2D eigenvalue weighted by Gasteiger charge is -2.39. The molecule has 0 saturated carbocycles. The average molecular weight is 179 g/mol. The number of aromatic amines is 1. The van der Waals surface area contributed by atoms with Gasteiger partial charge in [0.05, 0.1) is 12.0 Å². The summed E-state index contributed by atoms with van der Waals surface area (Å²) >= 11 is 0. The predicted octanol–water partition coefficient (Wildman–Crippen LogP) is 1.96. The van der Waals surface area contributed by atoms with E-state index in [-0.39, 0.29) is 5.54 Å². The first kappa shape index (κ1) is 8.60. The fraction of sp³-hybridized carbons (Fsp3) is 0.700. The first-order valence-electron chi connectivity index (χ1n) is 4.89. The van der Waals surface area contributed by atoms with Gasteiger partial charge in [-0.3, -0.25) is 0 Å². The van der Waals surface area contributed by atoms with Crippen LogP contribution in [0.5, 0.6) is 0 Å². The lowest BCUT2D eigenvalue weighted by atomic mass is 10.0. The van der Waals surface area contributed by atoms with Crippen molar-refractivity contribution in [3.63, 3.8) is 0 Å². The van der Waals surface area contributed by atoms with Gasteiger partial charge in [-0.05, 0) is 33.6 Å². The summed E-state index contributed by atoms with van der Waals surface area (Å²) in [5, 5.41) is 0. The van der Waals surface area contributed by atoms with Crippen molar-refractivity contribution in [3.05, 3.63) is 12.0 Å². The number of aryl methyl sites for hydroxylation is 1. The second-order valence-electron chi connectivity index (χ2n) is 4.63. The first-order valence-corrected chi connectivity index (χ1v) is 4.89. The lowest BCUT2D eigenvalue weighted by molar-refractivity contribution is 0.478. The molecule has 13 heavy (non-hydrogen) atoms. The highest BCUT2D eigenvalue weighted by molar-refractivity contribution is 5.48. The van der Waals surface area contributed by atoms with Gasteiger partial charge in [-0.15, -0.1) is 0 Å². The third-order valence-corrected chi connectivity index (χ3v) is 2.57. The molecule has 0 bridgehead atoms. The highest BCUT2D eigenvalue weighted by Gasteiger charge is 2.27. The number of hydrogen-bond acceptors (Lipinski definition) is 2. The molecule has 0 spiro atoms. The number of rotatable bonds is 0. The van der Waals surface area contributed by atoms with E-state index in [1.807, 2.05) is 0 Å². The van der Waals surface area contributed by atoms with Gasteiger partial charge >= 0.3 is 0 Å². The number of imidazole rings is 1. The molecule has 0 aromatic carbocycles. The van der Waals surface area contributed by atoms with Crippen LogP contribution in [0.3, 0.4) is 0 Å². The molecule has 0 aliphatic carbocycles. The van der Waals surface area contributed by atoms with Crippen LogP contribution in [-0.4, -0.2) is 22.1 Å². The topological polar surface area (TPSA) is 31.9 Å². The van der Waals surface area contributed by atoms with Crippen molar-refractivity contribution in [2.75, 3.05) is 11.4 Å². The van der Waals surface area contributed by atoms with Gasteiger partial charge in [-0.2, -0.15) is 0 Å². The van der Waals surface area contributed by atoms with E-state index in [2.05, 4.69) is 35.6 Å². The zero-order chi connectivity index (χ0) is 9.47. The van der Waals surface area contributed by atoms with Crippen LogP contribution in [0.4, 0.5) is 5.82 Å². The minimum atomic E-state index is 0.185. The van der Waals surface area contributed by atoms with Gasteiger partial charge in [0.1, 0.15) is 5.82 Å². The molecule has 0 unspecified atom stereocenters. The largest absolute Gasteiger partial charge is 0.350 e. The highest BCUT2D eigenvalue weighted by atomic mass is 15.3. The highest BCUT2D eigenvalue weighted by Crippen LogP contribution is 2.29. The number of anilines is 1. The lowest BCUT2D eigenvalue weighted by Crippen LogP contribution is -2.44. The third-order valence-electron chi connectivity index (χ3n) is 2.57. The number of hydrogen-bond donors (Lipinski definition) is 1. The van der Waals surface area contributed by atoms with Crippen molar-refractivity contribution in [1.29, 1.82) is 0 Å². The van der Waals surface area contributed by atoms with Crippen molar-refractivity contribution in [3.8, 4) is 0 Å². The molecule has 1 aromatic heterocycles. The number of nitrogens with one attached hydrogen (secondary N) is 1. The molecule has 2 rings (SSSR count). The molecule has 0 saturated heterocycles. The standard InChI is InChI=1S/C10H17N3/c1-10(2,3)13-6-4-5-8-9(13)12-7-11-8/h7H,4-6H2,1-3H3,(H,11,12). The van der Waals surface area contributed by atoms with Crippen molar-refractivity contribution in [1.82, 2.24) is 9.97 Å². The van der Waals surface area contributed by atoms with E-state index >= 15 is 0 Å². The third kappa shape index (κ3) is 1.43. The molecular weight excluding hydrogens is 162 g/mol. The molecule has 0 amide bonds. The summed E-state index contributed by atoms with van der Waals surface area (Å²) in [5.41, 5.74) is 1.48. The Balaban J connectivity index is 2.35. The van der Waals surface area contributed by atoms with E-state index in [4.69, 9.17) is 0 Å². The van der Waals surface area contributed by atoms with Crippen LogP contribution in [0.25, 0.3) is 0 Å². The Kier molecular flexibility index (Phi) is 1.82. The minimum Gasteiger partial charge on any atom is -0.350 e. The van der Waals surface area contributed by atoms with E-state index < -0.39 is 0 Å². The molecule has 0 fully saturated rings. The fourth-order valence-electron chi connectivity index (χ4n) is 1.90. The molecule has 0 radical (unpaired) electrons. The fourth-order valence-corrected chi connectivity index (χ4v) is 1.90. The van der Waals surface area contributed by atoms with Gasteiger partial charge in [-0.25, -0.2) is 4.98 Å². The molecule has 1 aromatic rings. The molecule has 3 heteroatoms. The Morgan fingerprint density at radius 1 is 1.46 bits per heavy atom. The van der Waals surface area contributed by atoms with Gasteiger partial charge in [-0.1, -0.05) is 0 Å². The summed E-state index contributed by atoms with van der Waals surface area (Å²) in [4.78, 5) is 9.96. The quantitative estimate of drug-likeness (QED) is 0.660. The Bertz CT molecular complexity index is 295. The van der Waals surface area contributed by atoms with E-state index in [9.17, 15) is 0 Å². The van der Waals surface area contributed by atoms with Crippen LogP contribution in [-0.2, 0) is 6.42 Å². The predicted molar refractivity (Wildman–Crippen MR) is 54.0 cm³/mol. The van der Waals surface area contributed by atoms with Crippen LogP contribution in [0.2, 0.25) is 0 Å². The van der Waals surface area contributed by atoms with Crippen molar-refractivity contribution >= 4 is 5.82 Å². The van der Waals surface area contributed by atoms with Crippen molar-refractivity contribution in [2.45, 2.75) is 39.2 Å². The summed E-state index contributed by atoms with van der Waals surface area (Å²) in [6.45, 7) is 7.83. The summed E-state index contributed by atoms with van der Waals surface area (Å²) in [5.74, 6) is 1.15. The van der Waals surface area contributed by atoms with Crippen molar-refractivity contribution < 1.29 is 0 Å². The molecule has 72 valence electrons. The molecule has 2 heterocycles. The second-order valence-corrected chi connectivity index (χ2v) is 4.63. The minimum absolute atomic E-state index is 0.185. The van der Waals surface area contributed by atoms with Gasteiger partial charge < -0.3 is 9.88 Å². The van der Waals surface area contributed by atoms with E-state index in [1.165, 1.54) is 12.1 Å². The number of H-pyrrole nitrogens is 1. The molecule has 1 aliphatic rings. The monoisotopic (exact) mass is 179 g/mol. The zero-order valence-electron chi connectivity index (χ0n) is 8.59. The van der Waals surface area contributed by atoms with E-state index in [0.29, 0.717) is 0 Å². The van der Waals surface area contributed by atoms with Crippen LogP contribution in [0.15, 0.2) is 6.33 Å². The van der Waals surface area contributed by atoms with Gasteiger partial charge in [0.15, 0.2) is 0 Å². The summed E-state index contributed by atoms with van der Waals surface area (Å²) in [6, 6.07) is 0. The Labute approximate surface area is 79.2 Å². The van der Waals surface area contributed by atoms with Gasteiger partial charge in [0, 0.05) is 12.1 Å². The molecule has 1 aliphatic heterocycles. The maximum Gasteiger partial charge on any atom is 0.150 e. The zero-order valence-corrected chi connectivity index (χ0v) is 8.59. The average Bonchev–Trinajstić information content (AvgIpc) is 2.48. The van der Waals surface area contributed by atoms with Crippen molar-refractivity contribution in [2.24, 2.45) is 0 Å². The van der Waals surface area contributed by atoms with Gasteiger partial charge in [0.2, 0.25) is 0 Å². The Hall–Kier alpha value is -0.990. The number of fused-ring (bicyclic) bond motifs is 1. The number of aromatic nitrogens is 2. The normalized spacial score (nSPS) is 17.3. The van der Waals surface area contributed by atoms with Gasteiger partial charge in [0.25, 0.3) is 0 Å². The molecule has 1 N–H and O–H groups in total. The van der Waals surface area contributed by atoms with Crippen LogP contribution in [0, 0.1) is 0 Å². The SMILES string of the molecule is CC(C)(C)N1CCCc2[nH]cnc21. The summed E-state index contributed by atoms with van der Waals surface area (Å²) in [7, 11) is 0. The van der Waals surface area contributed by atoms with Crippen LogP contribution in [0.1, 0.15) is 32.9 Å². The smallest absolute Gasteiger partial charge is 0.150 e. The first-order chi connectivity index (χ1) is 6.09. The second kappa shape index (κ2) is 2.76. The molecule has 0 atom stereocenters. The molecular formula is C10H17N3. The van der Waals surface area contributed by atoms with E-state index in [0.717, 1.165) is 18.8 Å². The Morgan fingerprint density at radius 2 is 2.23 bits per heavy atom. The maximum absolute atomic E-state index is 4.38.